The normalized spacial score (nSPS) is 11.9. The van der Waals surface area contributed by atoms with Crippen molar-refractivity contribution in [2.45, 2.75) is 6.92 Å². The van der Waals surface area contributed by atoms with Crippen molar-refractivity contribution in [2.24, 2.45) is 0 Å². The fourth-order valence-electron chi connectivity index (χ4n) is 2.77. The molecule has 3 nitrogen and oxygen atoms in total. The molecule has 0 heterocycles. The average molecular weight is 393 g/mol. The smallest absolute Gasteiger partial charge is 0.258 e. The quantitative estimate of drug-likeness (QED) is 0.239. The maximum atomic E-state index is 10.7. The first kappa shape index (κ1) is 20.7. The zero-order valence-corrected chi connectivity index (χ0v) is 16.8. The Morgan fingerprint density at radius 1 is 0.567 bits per heavy atom. The first-order valence-corrected chi connectivity index (χ1v) is 9.71. The third kappa shape index (κ3) is 6.57. The number of aryl methyl sites for hydroxylation is 1. The molecule has 0 fully saturated rings. The molecular formula is C27H23NO2. The molecule has 0 radical (unpaired) electrons. The van der Waals surface area contributed by atoms with Crippen LogP contribution in [0, 0.1) is 17.0 Å². The number of rotatable bonds is 7. The largest absolute Gasteiger partial charge is 0.269 e. The Morgan fingerprint density at radius 2 is 0.867 bits per heavy atom. The van der Waals surface area contributed by atoms with Crippen LogP contribution in [0.1, 0.15) is 27.8 Å². The fraction of sp³-hybridized carbons (Fsp3) is 0.0370. The number of allylic oxidation sites excluding steroid dienone is 4. The molecule has 0 spiro atoms. The minimum absolute atomic E-state index is 0.0995. The van der Waals surface area contributed by atoms with E-state index in [9.17, 15) is 10.1 Å². The Morgan fingerprint density at radius 3 is 1.20 bits per heavy atom. The molecule has 148 valence electrons. The lowest BCUT2D eigenvalue weighted by atomic mass is 10.1. The molecule has 3 rings (SSSR count). The molecule has 0 amide bonds. The predicted molar refractivity (Wildman–Crippen MR) is 127 cm³/mol. The highest BCUT2D eigenvalue weighted by molar-refractivity contribution is 5.61. The average Bonchev–Trinajstić information content (AvgIpc) is 2.77. The van der Waals surface area contributed by atoms with Gasteiger partial charge in [0.25, 0.3) is 5.69 Å². The highest BCUT2D eigenvalue weighted by Gasteiger charge is 2.01. The van der Waals surface area contributed by atoms with Gasteiger partial charge >= 0.3 is 0 Å². The molecule has 0 saturated heterocycles. The summed E-state index contributed by atoms with van der Waals surface area (Å²) in [7, 11) is 0. The highest BCUT2D eigenvalue weighted by Crippen LogP contribution is 2.13. The van der Waals surface area contributed by atoms with Crippen molar-refractivity contribution < 1.29 is 4.92 Å². The lowest BCUT2D eigenvalue weighted by molar-refractivity contribution is -0.384. The summed E-state index contributed by atoms with van der Waals surface area (Å²) in [6.07, 6.45) is 16.1. The summed E-state index contributed by atoms with van der Waals surface area (Å²) in [6, 6.07) is 23.2. The Bertz CT molecular complexity index is 1090. The molecule has 3 heteroatoms. The van der Waals surface area contributed by atoms with Crippen LogP contribution in [0.25, 0.3) is 24.3 Å². The van der Waals surface area contributed by atoms with Crippen LogP contribution in [-0.4, -0.2) is 4.92 Å². The molecule has 0 unspecified atom stereocenters. The predicted octanol–water partition coefficient (Wildman–Crippen LogP) is 7.36. The second-order valence-electron chi connectivity index (χ2n) is 6.86. The van der Waals surface area contributed by atoms with Crippen molar-refractivity contribution in [3.63, 3.8) is 0 Å². The minimum Gasteiger partial charge on any atom is -0.258 e. The molecule has 30 heavy (non-hydrogen) atoms. The second kappa shape index (κ2) is 10.5. The van der Waals surface area contributed by atoms with Gasteiger partial charge in [-0.15, -0.1) is 0 Å². The molecule has 3 aromatic rings. The summed E-state index contributed by atoms with van der Waals surface area (Å²) in [5, 5.41) is 10.7. The van der Waals surface area contributed by atoms with Crippen LogP contribution < -0.4 is 0 Å². The van der Waals surface area contributed by atoms with Crippen LogP contribution in [0.15, 0.2) is 97.1 Å². The van der Waals surface area contributed by atoms with E-state index in [2.05, 4.69) is 67.6 Å². The van der Waals surface area contributed by atoms with E-state index in [0.717, 1.165) is 16.7 Å². The number of hydrogen-bond donors (Lipinski definition) is 0. The van der Waals surface area contributed by atoms with Gasteiger partial charge in [-0.3, -0.25) is 10.1 Å². The van der Waals surface area contributed by atoms with E-state index in [1.807, 2.05) is 36.5 Å². The van der Waals surface area contributed by atoms with Gasteiger partial charge in [0.1, 0.15) is 0 Å². The standard InChI is InChI=1S/C27H23NO2/c1-22-10-12-23(13-11-22)6-2-3-7-24-14-16-25(17-15-24)8-4-5-9-26-18-20-27(21-19-26)28(29)30/h2-21H,1H3/b6-2+,7-3+,8-4+,9-5+. The third-order valence-electron chi connectivity index (χ3n) is 4.49. The van der Waals surface area contributed by atoms with E-state index in [-0.39, 0.29) is 5.69 Å². The van der Waals surface area contributed by atoms with E-state index >= 15 is 0 Å². The summed E-state index contributed by atoms with van der Waals surface area (Å²) < 4.78 is 0. The van der Waals surface area contributed by atoms with E-state index in [0.29, 0.717) is 0 Å². The van der Waals surface area contributed by atoms with Crippen LogP contribution >= 0.6 is 0 Å². The van der Waals surface area contributed by atoms with Gasteiger partial charge in [0.05, 0.1) is 4.92 Å². The summed E-state index contributed by atoms with van der Waals surface area (Å²) in [6.45, 7) is 2.08. The lowest BCUT2D eigenvalue weighted by Gasteiger charge is -1.96. The second-order valence-corrected chi connectivity index (χ2v) is 6.86. The maximum Gasteiger partial charge on any atom is 0.269 e. The van der Waals surface area contributed by atoms with Crippen molar-refractivity contribution >= 4 is 30.0 Å². The van der Waals surface area contributed by atoms with Gasteiger partial charge in [0, 0.05) is 12.1 Å². The molecule has 0 atom stereocenters. The molecular weight excluding hydrogens is 370 g/mol. The molecule has 0 aromatic heterocycles. The van der Waals surface area contributed by atoms with Crippen LogP contribution in [0.4, 0.5) is 5.69 Å². The monoisotopic (exact) mass is 393 g/mol. The summed E-state index contributed by atoms with van der Waals surface area (Å²) in [5.41, 5.74) is 5.72. The van der Waals surface area contributed by atoms with Gasteiger partial charge in [-0.25, -0.2) is 0 Å². The molecule has 0 N–H and O–H groups in total. The first-order valence-electron chi connectivity index (χ1n) is 9.71. The zero-order valence-electron chi connectivity index (χ0n) is 16.8. The van der Waals surface area contributed by atoms with Gasteiger partial charge in [-0.1, -0.05) is 103 Å². The number of non-ortho nitro benzene ring substituents is 1. The van der Waals surface area contributed by atoms with Gasteiger partial charge in [0.15, 0.2) is 0 Å². The number of hydrogen-bond acceptors (Lipinski definition) is 2. The molecule has 0 aliphatic carbocycles. The maximum absolute atomic E-state index is 10.7. The molecule has 0 aliphatic rings. The Hall–Kier alpha value is -3.98. The number of nitro benzene ring substituents is 1. The van der Waals surface area contributed by atoms with Gasteiger partial charge in [0.2, 0.25) is 0 Å². The van der Waals surface area contributed by atoms with E-state index in [4.69, 9.17) is 0 Å². The van der Waals surface area contributed by atoms with Crippen LogP contribution in [0.5, 0.6) is 0 Å². The molecule has 3 aromatic carbocycles. The van der Waals surface area contributed by atoms with Crippen molar-refractivity contribution in [1.29, 1.82) is 0 Å². The SMILES string of the molecule is Cc1ccc(/C=C/C=C/c2ccc(/C=C/C=C/c3ccc([N+](=O)[O-])cc3)cc2)cc1. The van der Waals surface area contributed by atoms with Gasteiger partial charge in [-0.2, -0.15) is 0 Å². The zero-order chi connectivity index (χ0) is 21.2. The first-order chi connectivity index (χ1) is 14.6. The van der Waals surface area contributed by atoms with Crippen LogP contribution in [0.3, 0.4) is 0 Å². The van der Waals surface area contributed by atoms with E-state index in [1.165, 1.54) is 23.3 Å². The van der Waals surface area contributed by atoms with Crippen molar-refractivity contribution in [2.75, 3.05) is 0 Å². The molecule has 0 saturated carbocycles. The summed E-state index contributed by atoms with van der Waals surface area (Å²) >= 11 is 0. The van der Waals surface area contributed by atoms with E-state index in [1.54, 1.807) is 12.1 Å². The van der Waals surface area contributed by atoms with Crippen molar-refractivity contribution in [3.05, 3.63) is 135 Å². The Balaban J connectivity index is 1.52. The fourth-order valence-corrected chi connectivity index (χ4v) is 2.77. The third-order valence-corrected chi connectivity index (χ3v) is 4.49. The van der Waals surface area contributed by atoms with Crippen molar-refractivity contribution in [1.82, 2.24) is 0 Å². The van der Waals surface area contributed by atoms with Gasteiger partial charge < -0.3 is 0 Å². The van der Waals surface area contributed by atoms with Crippen LogP contribution in [-0.2, 0) is 0 Å². The number of nitrogens with zero attached hydrogens (tertiary/aromatic N) is 1. The summed E-state index contributed by atoms with van der Waals surface area (Å²) in [4.78, 5) is 10.3. The van der Waals surface area contributed by atoms with Gasteiger partial charge in [-0.05, 0) is 41.3 Å². The van der Waals surface area contributed by atoms with Crippen molar-refractivity contribution in [3.8, 4) is 0 Å². The lowest BCUT2D eigenvalue weighted by Crippen LogP contribution is -1.86. The Kier molecular flexibility index (Phi) is 7.28. The topological polar surface area (TPSA) is 43.1 Å². The van der Waals surface area contributed by atoms with E-state index < -0.39 is 4.92 Å². The molecule has 0 bridgehead atoms. The molecule has 0 aliphatic heterocycles. The van der Waals surface area contributed by atoms with Crippen LogP contribution in [0.2, 0.25) is 0 Å². The summed E-state index contributed by atoms with van der Waals surface area (Å²) in [5.74, 6) is 0. The number of benzene rings is 3. The highest BCUT2D eigenvalue weighted by atomic mass is 16.6. The Labute approximate surface area is 177 Å². The minimum atomic E-state index is -0.396. The number of nitro groups is 1.